The largest absolute Gasteiger partial charge is 0.573 e. The molecule has 0 bridgehead atoms. The number of carbonyl (C=O) groups excluding carboxylic acids is 1. The summed E-state index contributed by atoms with van der Waals surface area (Å²) in [7, 11) is 0. The van der Waals surface area contributed by atoms with Crippen molar-refractivity contribution in [3.63, 3.8) is 0 Å². The molecule has 0 aliphatic rings. The number of ketones is 1. The summed E-state index contributed by atoms with van der Waals surface area (Å²) in [4.78, 5) is 14.0. The lowest BCUT2D eigenvalue weighted by Crippen LogP contribution is -2.17. The molecule has 0 unspecified atom stereocenters. The zero-order valence-electron chi connectivity index (χ0n) is 8.76. The molecule has 3 nitrogen and oxygen atoms in total. The molecule has 0 saturated heterocycles. The first-order valence-corrected chi connectivity index (χ1v) is 4.74. The third-order valence-electron chi connectivity index (χ3n) is 2.27. The van der Waals surface area contributed by atoms with E-state index in [0.29, 0.717) is 16.5 Å². The Morgan fingerprint density at radius 1 is 1.35 bits per heavy atom. The number of ether oxygens (including phenoxy) is 1. The summed E-state index contributed by atoms with van der Waals surface area (Å²) >= 11 is 0. The van der Waals surface area contributed by atoms with E-state index < -0.39 is 6.36 Å². The molecule has 0 spiro atoms. The van der Waals surface area contributed by atoms with Crippen LogP contribution in [0.4, 0.5) is 13.2 Å². The summed E-state index contributed by atoms with van der Waals surface area (Å²) < 4.78 is 39.9. The van der Waals surface area contributed by atoms with Crippen molar-refractivity contribution in [2.75, 3.05) is 0 Å². The normalized spacial score (nSPS) is 11.8. The van der Waals surface area contributed by atoms with Gasteiger partial charge in [0.15, 0.2) is 5.78 Å². The average Bonchev–Trinajstić information content (AvgIpc) is 2.57. The lowest BCUT2D eigenvalue weighted by molar-refractivity contribution is -0.274. The molecule has 2 aromatic rings. The van der Waals surface area contributed by atoms with Crippen LogP contribution in [0.2, 0.25) is 0 Å². The number of hydrogen-bond donors (Lipinski definition) is 1. The molecular formula is C11H8F3NO2. The SMILES string of the molecule is CC(=O)c1c[nH]c2ccc(OC(F)(F)F)cc12. The molecule has 1 aromatic carbocycles. The fourth-order valence-corrected chi connectivity index (χ4v) is 1.59. The van der Waals surface area contributed by atoms with Crippen molar-refractivity contribution in [3.05, 3.63) is 30.0 Å². The maximum atomic E-state index is 12.0. The highest BCUT2D eigenvalue weighted by Gasteiger charge is 2.31. The third kappa shape index (κ3) is 2.41. The summed E-state index contributed by atoms with van der Waals surface area (Å²) in [5.41, 5.74) is 0.928. The summed E-state index contributed by atoms with van der Waals surface area (Å²) in [6.45, 7) is 1.35. The van der Waals surface area contributed by atoms with Crippen molar-refractivity contribution in [2.45, 2.75) is 13.3 Å². The third-order valence-corrected chi connectivity index (χ3v) is 2.27. The fourth-order valence-electron chi connectivity index (χ4n) is 1.59. The van der Waals surface area contributed by atoms with Crippen molar-refractivity contribution < 1.29 is 22.7 Å². The molecule has 0 fully saturated rings. The first kappa shape index (κ1) is 11.5. The highest BCUT2D eigenvalue weighted by Crippen LogP contribution is 2.28. The van der Waals surface area contributed by atoms with Crippen LogP contribution in [0, 0.1) is 0 Å². The first-order chi connectivity index (χ1) is 7.87. The topological polar surface area (TPSA) is 42.1 Å². The number of alkyl halides is 3. The van der Waals surface area contributed by atoms with Crippen molar-refractivity contribution in [3.8, 4) is 5.75 Å². The Morgan fingerprint density at radius 3 is 2.65 bits per heavy atom. The number of aromatic amines is 1. The van der Waals surface area contributed by atoms with Gasteiger partial charge >= 0.3 is 6.36 Å². The van der Waals surface area contributed by atoms with Crippen LogP contribution in [0.1, 0.15) is 17.3 Å². The Bertz CT molecular complexity index is 572. The first-order valence-electron chi connectivity index (χ1n) is 4.74. The van der Waals surface area contributed by atoms with Crippen LogP contribution in [0.3, 0.4) is 0 Å². The molecule has 2 rings (SSSR count). The van der Waals surface area contributed by atoms with Gasteiger partial charge < -0.3 is 9.72 Å². The molecule has 1 aromatic heterocycles. The predicted molar refractivity (Wildman–Crippen MR) is 55.0 cm³/mol. The monoisotopic (exact) mass is 243 g/mol. The molecule has 17 heavy (non-hydrogen) atoms. The summed E-state index contributed by atoms with van der Waals surface area (Å²) in [5.74, 6) is -0.562. The van der Waals surface area contributed by atoms with Crippen LogP contribution in [0.15, 0.2) is 24.4 Å². The lowest BCUT2D eigenvalue weighted by Gasteiger charge is -2.08. The van der Waals surface area contributed by atoms with Crippen molar-refractivity contribution in [2.24, 2.45) is 0 Å². The van der Waals surface area contributed by atoms with Crippen LogP contribution >= 0.6 is 0 Å². The van der Waals surface area contributed by atoms with E-state index in [4.69, 9.17) is 0 Å². The zero-order chi connectivity index (χ0) is 12.6. The standard InChI is InChI=1S/C11H8F3NO2/c1-6(16)9-5-15-10-3-2-7(4-8(9)10)17-11(12,13)14/h2-5,15H,1H3. The van der Waals surface area contributed by atoms with Gasteiger partial charge in [-0.15, -0.1) is 13.2 Å². The second-order valence-electron chi connectivity index (χ2n) is 3.51. The predicted octanol–water partition coefficient (Wildman–Crippen LogP) is 3.27. The van der Waals surface area contributed by atoms with E-state index in [0.717, 1.165) is 0 Å². The van der Waals surface area contributed by atoms with Crippen LogP contribution in [0.5, 0.6) is 5.75 Å². The van der Waals surface area contributed by atoms with Crippen LogP contribution < -0.4 is 4.74 Å². The highest BCUT2D eigenvalue weighted by atomic mass is 19.4. The number of carbonyl (C=O) groups is 1. The maximum absolute atomic E-state index is 12.0. The molecule has 0 atom stereocenters. The number of H-pyrrole nitrogens is 1. The minimum absolute atomic E-state index is 0.222. The van der Waals surface area contributed by atoms with Gasteiger partial charge in [0.1, 0.15) is 5.75 Å². The van der Waals surface area contributed by atoms with Gasteiger partial charge in [0.25, 0.3) is 0 Å². The Balaban J connectivity index is 2.48. The molecule has 0 saturated carbocycles. The molecule has 0 radical (unpaired) electrons. The molecule has 1 N–H and O–H groups in total. The number of nitrogens with one attached hydrogen (secondary N) is 1. The molecule has 0 amide bonds. The second-order valence-corrected chi connectivity index (χ2v) is 3.51. The molecule has 0 aliphatic heterocycles. The van der Waals surface area contributed by atoms with E-state index >= 15 is 0 Å². The van der Waals surface area contributed by atoms with Crippen molar-refractivity contribution in [1.29, 1.82) is 0 Å². The zero-order valence-corrected chi connectivity index (χ0v) is 8.76. The number of benzene rings is 1. The van der Waals surface area contributed by atoms with Gasteiger partial charge in [-0.25, -0.2) is 0 Å². The average molecular weight is 243 g/mol. The smallest absolute Gasteiger partial charge is 0.406 e. The van der Waals surface area contributed by atoms with E-state index in [9.17, 15) is 18.0 Å². The van der Waals surface area contributed by atoms with Crippen molar-refractivity contribution >= 4 is 16.7 Å². The molecule has 1 heterocycles. The van der Waals surface area contributed by atoms with E-state index in [1.807, 2.05) is 0 Å². The number of Topliss-reactive ketones (excluding diaryl/α,β-unsaturated/α-hetero) is 1. The van der Waals surface area contributed by atoms with Crippen LogP contribution in [-0.4, -0.2) is 17.1 Å². The van der Waals surface area contributed by atoms with Gasteiger partial charge in [0.05, 0.1) is 0 Å². The number of aromatic nitrogens is 1. The minimum Gasteiger partial charge on any atom is -0.406 e. The summed E-state index contributed by atoms with van der Waals surface area (Å²) in [6, 6.07) is 3.81. The molecule has 0 aliphatic carbocycles. The summed E-state index contributed by atoms with van der Waals surface area (Å²) in [6.07, 6.45) is -3.27. The highest BCUT2D eigenvalue weighted by molar-refractivity contribution is 6.06. The Morgan fingerprint density at radius 2 is 2.06 bits per heavy atom. The van der Waals surface area contributed by atoms with Crippen LogP contribution in [-0.2, 0) is 0 Å². The molecule has 90 valence electrons. The molecular weight excluding hydrogens is 235 g/mol. The Labute approximate surface area is 94.2 Å². The molecule has 6 heteroatoms. The number of halogens is 3. The van der Waals surface area contributed by atoms with E-state index in [1.165, 1.54) is 31.3 Å². The van der Waals surface area contributed by atoms with Crippen LogP contribution in [0.25, 0.3) is 10.9 Å². The van der Waals surface area contributed by atoms with E-state index in [2.05, 4.69) is 9.72 Å². The van der Waals surface area contributed by atoms with E-state index in [1.54, 1.807) is 0 Å². The van der Waals surface area contributed by atoms with Gasteiger partial charge in [0, 0.05) is 22.7 Å². The van der Waals surface area contributed by atoms with E-state index in [-0.39, 0.29) is 11.5 Å². The van der Waals surface area contributed by atoms with Gasteiger partial charge in [0.2, 0.25) is 0 Å². The minimum atomic E-state index is -4.74. The fraction of sp³-hybridized carbons (Fsp3) is 0.182. The lowest BCUT2D eigenvalue weighted by atomic mass is 10.1. The van der Waals surface area contributed by atoms with Gasteiger partial charge in [-0.05, 0) is 25.1 Å². The second kappa shape index (κ2) is 3.80. The van der Waals surface area contributed by atoms with Gasteiger partial charge in [-0.3, -0.25) is 4.79 Å². The van der Waals surface area contributed by atoms with Gasteiger partial charge in [-0.1, -0.05) is 0 Å². The number of hydrogen-bond acceptors (Lipinski definition) is 2. The van der Waals surface area contributed by atoms with Gasteiger partial charge in [-0.2, -0.15) is 0 Å². The number of rotatable bonds is 2. The Hall–Kier alpha value is -1.98. The van der Waals surface area contributed by atoms with Crippen molar-refractivity contribution in [1.82, 2.24) is 4.98 Å². The quantitative estimate of drug-likeness (QED) is 0.822. The number of fused-ring (bicyclic) bond motifs is 1. The Kier molecular flexibility index (Phi) is 2.57. The maximum Gasteiger partial charge on any atom is 0.573 e. The summed E-state index contributed by atoms with van der Waals surface area (Å²) in [5, 5.41) is 0.416.